The van der Waals surface area contributed by atoms with Crippen molar-refractivity contribution in [3.63, 3.8) is 0 Å². The fourth-order valence-corrected chi connectivity index (χ4v) is 12.8. The second-order valence-corrected chi connectivity index (χ2v) is 21.9. The molecule has 2 unspecified atom stereocenters. The molecule has 0 bridgehead atoms. The normalized spacial score (nSPS) is 22.4. The van der Waals surface area contributed by atoms with Crippen molar-refractivity contribution < 1.29 is 33.8 Å². The van der Waals surface area contributed by atoms with Gasteiger partial charge in [0.1, 0.15) is 17.6 Å². The molecule has 19 heteroatoms. The number of nitrogens with one attached hydrogen (secondary N) is 2. The summed E-state index contributed by atoms with van der Waals surface area (Å²) in [6.45, 7) is 16.8. The second-order valence-electron chi connectivity index (χ2n) is 21.9. The number of aliphatic hydroxyl groups is 1. The third kappa shape index (κ3) is 8.91. The summed E-state index contributed by atoms with van der Waals surface area (Å²) in [4.78, 5) is 92.2. The van der Waals surface area contributed by atoms with Crippen LogP contribution in [0.2, 0.25) is 0 Å². The summed E-state index contributed by atoms with van der Waals surface area (Å²) in [6.07, 6.45) is 8.75. The topological polar surface area (TPSA) is 202 Å². The molecule has 3 N–H and O–H groups in total. The number of likely N-dealkylation sites (tertiary alicyclic amines) is 1. The molecule has 5 aliphatic heterocycles. The van der Waals surface area contributed by atoms with Gasteiger partial charge in [-0.25, -0.2) is 15.0 Å². The minimum absolute atomic E-state index is 0.0963. The largest absolute Gasteiger partial charge is 0.478 e. The molecular weight excluding hydrogens is 965 g/mol. The van der Waals surface area contributed by atoms with Gasteiger partial charge in [0.2, 0.25) is 11.8 Å². The maximum Gasteiger partial charge on any atom is 0.276 e. The van der Waals surface area contributed by atoms with Gasteiger partial charge in [-0.2, -0.15) is 0 Å². The van der Waals surface area contributed by atoms with Gasteiger partial charge >= 0.3 is 0 Å². The number of benzene rings is 2. The number of methoxy groups -OCH3 is 1. The molecule has 5 aromatic rings. The lowest BCUT2D eigenvalue weighted by molar-refractivity contribution is -0.150. The number of anilines is 6. The number of hydrogen-bond acceptors (Lipinski definition) is 14. The Morgan fingerprint density at radius 1 is 0.908 bits per heavy atom. The SMILES string of the molecule is C=CC(=O)Nc1cc(Nc2nc(-c3ccnc(N4CCn5c(cc6c5CC(C)(C)C6)C4=O)c3CO)cnc2OC)ccc1N1CCN(C2CCN(c3cccc4c3CN(C3CCC(=O)N(C)C3=O)C4=O)[C@H](C)C2)C[C@@H]1C. The maximum atomic E-state index is 14.1. The minimum atomic E-state index is -0.647. The number of aromatic nitrogens is 4. The molecule has 6 aliphatic rings. The number of ether oxygens (including phenoxy) is 1. The predicted octanol–water partition coefficient (Wildman–Crippen LogP) is 6.17. The molecule has 396 valence electrons. The first-order chi connectivity index (χ1) is 36.6. The Hall–Kier alpha value is -7.64. The lowest BCUT2D eigenvalue weighted by Gasteiger charge is -2.48. The number of carbonyl (C=O) groups is 5. The average Bonchev–Trinajstić information content (AvgIpc) is 4.06. The van der Waals surface area contributed by atoms with E-state index in [2.05, 4.69) is 80.2 Å². The Kier molecular flexibility index (Phi) is 13.2. The number of likely N-dealkylation sites (N-methyl/N-ethyl adjacent to an activating group) is 1. The van der Waals surface area contributed by atoms with Gasteiger partial charge in [0.05, 0.1) is 37.0 Å². The summed E-state index contributed by atoms with van der Waals surface area (Å²) in [5, 5.41) is 17.3. The number of piperazine rings is 1. The third-order valence-corrected chi connectivity index (χ3v) is 16.6. The second kappa shape index (κ2) is 19.8. The molecule has 19 nitrogen and oxygen atoms in total. The van der Waals surface area contributed by atoms with E-state index >= 15 is 0 Å². The molecule has 5 amide bonds. The predicted molar refractivity (Wildman–Crippen MR) is 289 cm³/mol. The number of nitrogens with zero attached hydrogens (tertiary/aromatic N) is 10. The Morgan fingerprint density at radius 3 is 2.49 bits per heavy atom. The maximum absolute atomic E-state index is 14.1. The van der Waals surface area contributed by atoms with Crippen LogP contribution in [-0.2, 0) is 46.9 Å². The van der Waals surface area contributed by atoms with E-state index in [1.807, 2.05) is 36.4 Å². The van der Waals surface area contributed by atoms with Gasteiger partial charge < -0.3 is 39.7 Å². The van der Waals surface area contributed by atoms with Crippen LogP contribution >= 0.6 is 0 Å². The highest BCUT2D eigenvalue weighted by atomic mass is 16.5. The van der Waals surface area contributed by atoms with E-state index in [4.69, 9.17) is 9.72 Å². The third-order valence-electron chi connectivity index (χ3n) is 16.6. The summed E-state index contributed by atoms with van der Waals surface area (Å²) >= 11 is 0. The number of pyridine rings is 1. The van der Waals surface area contributed by atoms with Crippen molar-refractivity contribution in [3.8, 4) is 17.1 Å². The molecule has 0 saturated carbocycles. The summed E-state index contributed by atoms with van der Waals surface area (Å²) in [5.74, 6) is -0.290. The van der Waals surface area contributed by atoms with Gasteiger partial charge in [-0.1, -0.05) is 26.5 Å². The summed E-state index contributed by atoms with van der Waals surface area (Å²) in [6, 6.07) is 15.4. The molecule has 1 aliphatic carbocycles. The highest BCUT2D eigenvalue weighted by molar-refractivity contribution is 6.07. The van der Waals surface area contributed by atoms with Crippen molar-refractivity contribution >= 4 is 63.9 Å². The number of hydrogen-bond donors (Lipinski definition) is 3. The molecule has 0 radical (unpaired) electrons. The molecule has 2 aromatic carbocycles. The fraction of sp³-hybridized carbons (Fsp3) is 0.439. The number of aliphatic hydroxyl groups excluding tert-OH is 1. The summed E-state index contributed by atoms with van der Waals surface area (Å²) in [7, 11) is 3.00. The molecule has 76 heavy (non-hydrogen) atoms. The Balaban J connectivity index is 0.778. The molecule has 4 atom stereocenters. The molecule has 3 saturated heterocycles. The van der Waals surface area contributed by atoms with E-state index in [1.54, 1.807) is 28.3 Å². The van der Waals surface area contributed by atoms with Gasteiger partial charge in [0.25, 0.3) is 23.6 Å². The monoisotopic (exact) mass is 1030 g/mol. The van der Waals surface area contributed by atoms with Crippen molar-refractivity contribution in [3.05, 3.63) is 107 Å². The van der Waals surface area contributed by atoms with E-state index < -0.39 is 6.04 Å². The Bertz CT molecular complexity index is 3210. The summed E-state index contributed by atoms with van der Waals surface area (Å²) < 4.78 is 7.83. The van der Waals surface area contributed by atoms with Crippen LogP contribution < -0.4 is 30.1 Å². The number of piperidine rings is 2. The summed E-state index contributed by atoms with van der Waals surface area (Å²) in [5.41, 5.74) is 9.38. The van der Waals surface area contributed by atoms with Crippen LogP contribution in [0.4, 0.5) is 34.4 Å². The van der Waals surface area contributed by atoms with Crippen LogP contribution in [0.5, 0.6) is 5.88 Å². The first-order valence-electron chi connectivity index (χ1n) is 26.4. The van der Waals surface area contributed by atoms with Crippen molar-refractivity contribution in [1.29, 1.82) is 0 Å². The molecule has 3 aromatic heterocycles. The standard InChI is InChI=1S/C57H66N12O7/c1-8-49(71)61-42-26-36(60-51-53(76-7)59-29-43(62-51)38-16-18-58-52(41(38)32-70)68-23-22-67-47(56(68)75)25-35-27-57(4,5)28-48(35)67)12-13-45(42)66-21-20-64(30-34(66)3)37-17-19-65(33(2)24-37)44-11-9-10-39-40(44)31-69(54(39)73)46-14-15-50(72)63(6)55(46)74/h8-13,16,18,25-26,29,33-34,37,46,70H,1,14-15,17,19-24,27-28,30-32H2,2-7H3,(H,60,62)(H,61,71)/t33-,34+,37?,46?/m1/s1. The first-order valence-corrected chi connectivity index (χ1v) is 26.4. The lowest BCUT2D eigenvalue weighted by Crippen LogP contribution is -2.58. The number of carbonyl (C=O) groups excluding carboxylic acids is 5. The number of imide groups is 1. The molecular formula is C57H66N12O7. The van der Waals surface area contributed by atoms with Crippen LogP contribution in [0.1, 0.15) is 96.6 Å². The van der Waals surface area contributed by atoms with Crippen LogP contribution in [0, 0.1) is 5.41 Å². The van der Waals surface area contributed by atoms with E-state index in [-0.39, 0.29) is 65.9 Å². The van der Waals surface area contributed by atoms with Crippen molar-refractivity contribution in [2.24, 2.45) is 5.41 Å². The van der Waals surface area contributed by atoms with E-state index in [9.17, 15) is 29.1 Å². The van der Waals surface area contributed by atoms with Gasteiger partial charge in [0, 0.05) is 123 Å². The molecule has 0 spiro atoms. The Morgan fingerprint density at radius 2 is 1.72 bits per heavy atom. The van der Waals surface area contributed by atoms with E-state index in [0.29, 0.717) is 83.2 Å². The molecule has 11 rings (SSSR count). The quantitative estimate of drug-likeness (QED) is 0.0947. The molecule has 3 fully saturated rings. The van der Waals surface area contributed by atoms with Crippen LogP contribution in [0.3, 0.4) is 0 Å². The van der Waals surface area contributed by atoms with Crippen molar-refractivity contribution in [1.82, 2.24) is 34.2 Å². The van der Waals surface area contributed by atoms with Crippen LogP contribution in [0.25, 0.3) is 11.3 Å². The number of fused-ring (bicyclic) bond motifs is 4. The van der Waals surface area contributed by atoms with Gasteiger partial charge in [0.15, 0.2) is 5.82 Å². The zero-order chi connectivity index (χ0) is 53.3. The minimum Gasteiger partial charge on any atom is -0.478 e. The van der Waals surface area contributed by atoms with Gasteiger partial charge in [-0.3, -0.25) is 38.7 Å². The smallest absolute Gasteiger partial charge is 0.276 e. The van der Waals surface area contributed by atoms with Gasteiger partial charge in [-0.15, -0.1) is 0 Å². The van der Waals surface area contributed by atoms with Crippen LogP contribution in [-0.4, -0.2) is 140 Å². The highest BCUT2D eigenvalue weighted by Gasteiger charge is 2.44. The molecule has 8 heterocycles. The van der Waals surface area contributed by atoms with E-state index in [0.717, 1.165) is 73.7 Å². The number of rotatable bonds is 12. The van der Waals surface area contributed by atoms with Crippen molar-refractivity contribution in [2.75, 3.05) is 72.2 Å². The zero-order valence-corrected chi connectivity index (χ0v) is 44.1. The average molecular weight is 1030 g/mol. The fourth-order valence-electron chi connectivity index (χ4n) is 12.8. The zero-order valence-electron chi connectivity index (χ0n) is 44.1. The lowest BCUT2D eigenvalue weighted by atomic mass is 9.90. The first kappa shape index (κ1) is 50.5. The number of amides is 5. The van der Waals surface area contributed by atoms with Crippen molar-refractivity contribution in [2.45, 2.75) is 110 Å². The van der Waals surface area contributed by atoms with E-state index in [1.165, 1.54) is 31.5 Å². The van der Waals surface area contributed by atoms with Crippen LogP contribution in [0.15, 0.2) is 73.6 Å². The highest BCUT2D eigenvalue weighted by Crippen LogP contribution is 2.42. The Labute approximate surface area is 442 Å². The van der Waals surface area contributed by atoms with Gasteiger partial charge in [-0.05, 0) is 105 Å².